The van der Waals surface area contributed by atoms with E-state index in [0.717, 1.165) is 12.8 Å². The van der Waals surface area contributed by atoms with Crippen molar-refractivity contribution in [1.29, 1.82) is 0 Å². The molecule has 0 N–H and O–H groups in total. The highest BCUT2D eigenvalue weighted by atomic mass is 16.6. The Morgan fingerprint density at radius 3 is 2.16 bits per heavy atom. The molecule has 2 aliphatic rings. The van der Waals surface area contributed by atoms with E-state index in [0.29, 0.717) is 5.92 Å². The third kappa shape index (κ3) is 2.55. The van der Waals surface area contributed by atoms with Crippen LogP contribution in [-0.4, -0.2) is 11.6 Å². The Hall–Kier alpha value is -0.530. The number of esters is 1. The minimum absolute atomic E-state index is 0.0509. The van der Waals surface area contributed by atoms with Crippen LogP contribution < -0.4 is 0 Å². The second-order valence-corrected chi connectivity index (χ2v) is 7.79. The van der Waals surface area contributed by atoms with E-state index in [9.17, 15) is 4.79 Å². The fourth-order valence-corrected chi connectivity index (χ4v) is 3.63. The molecular formula is C17H30O2. The molecule has 0 saturated heterocycles. The molecule has 2 unspecified atom stereocenters. The molecule has 2 rings (SSSR count). The lowest BCUT2D eigenvalue weighted by Gasteiger charge is -2.38. The van der Waals surface area contributed by atoms with E-state index < -0.39 is 0 Å². The van der Waals surface area contributed by atoms with Crippen LogP contribution in [0.4, 0.5) is 0 Å². The molecule has 0 amide bonds. The van der Waals surface area contributed by atoms with Crippen molar-refractivity contribution in [2.45, 2.75) is 85.2 Å². The van der Waals surface area contributed by atoms with Gasteiger partial charge in [0.2, 0.25) is 0 Å². The molecule has 110 valence electrons. The highest BCUT2D eigenvalue weighted by molar-refractivity contribution is 5.77. The Kier molecular flexibility index (Phi) is 3.75. The first kappa shape index (κ1) is 14.9. The fraction of sp³-hybridized carbons (Fsp3) is 0.941. The zero-order chi connectivity index (χ0) is 14.3. The topological polar surface area (TPSA) is 26.3 Å². The number of hydrogen-bond donors (Lipinski definition) is 0. The molecule has 0 spiro atoms. The van der Waals surface area contributed by atoms with E-state index in [-0.39, 0.29) is 22.4 Å². The van der Waals surface area contributed by atoms with Gasteiger partial charge in [0.15, 0.2) is 0 Å². The van der Waals surface area contributed by atoms with Gasteiger partial charge in [0.25, 0.3) is 0 Å². The zero-order valence-electron chi connectivity index (χ0n) is 13.3. The van der Waals surface area contributed by atoms with Crippen molar-refractivity contribution in [2.75, 3.05) is 0 Å². The molecule has 0 radical (unpaired) electrons. The van der Waals surface area contributed by atoms with E-state index in [1.54, 1.807) is 0 Å². The van der Waals surface area contributed by atoms with Gasteiger partial charge in [0, 0.05) is 5.41 Å². The van der Waals surface area contributed by atoms with Gasteiger partial charge >= 0.3 is 5.97 Å². The van der Waals surface area contributed by atoms with Crippen LogP contribution in [0.2, 0.25) is 0 Å². The molecule has 0 heterocycles. The van der Waals surface area contributed by atoms with Crippen molar-refractivity contribution < 1.29 is 9.53 Å². The van der Waals surface area contributed by atoms with Crippen molar-refractivity contribution in [3.8, 4) is 0 Å². The molecule has 0 aromatic heterocycles. The second kappa shape index (κ2) is 4.79. The third-order valence-electron chi connectivity index (χ3n) is 6.11. The van der Waals surface area contributed by atoms with Gasteiger partial charge in [0.05, 0.1) is 5.41 Å². The molecule has 2 fully saturated rings. The van der Waals surface area contributed by atoms with E-state index in [2.05, 4.69) is 34.6 Å². The Bertz CT molecular complexity index is 354. The van der Waals surface area contributed by atoms with Crippen LogP contribution in [0.25, 0.3) is 0 Å². The van der Waals surface area contributed by atoms with Gasteiger partial charge in [-0.25, -0.2) is 0 Å². The maximum atomic E-state index is 12.7. The number of ether oxygens (including phenoxy) is 1. The fourth-order valence-electron chi connectivity index (χ4n) is 3.63. The summed E-state index contributed by atoms with van der Waals surface area (Å²) in [5.74, 6) is 0.569. The van der Waals surface area contributed by atoms with Crippen LogP contribution >= 0.6 is 0 Å². The van der Waals surface area contributed by atoms with E-state index in [1.165, 1.54) is 32.1 Å². The van der Waals surface area contributed by atoms with Crippen molar-refractivity contribution in [3.05, 3.63) is 0 Å². The molecule has 2 aliphatic carbocycles. The molecule has 2 heteroatoms. The average Bonchev–Trinajstić information content (AvgIpc) is 2.87. The van der Waals surface area contributed by atoms with Crippen LogP contribution in [-0.2, 0) is 9.53 Å². The highest BCUT2D eigenvalue weighted by Crippen LogP contribution is 2.59. The quantitative estimate of drug-likeness (QED) is 0.688. The van der Waals surface area contributed by atoms with Crippen molar-refractivity contribution >= 4 is 5.97 Å². The second-order valence-electron chi connectivity index (χ2n) is 7.79. The molecule has 0 bridgehead atoms. The van der Waals surface area contributed by atoms with Crippen molar-refractivity contribution in [3.63, 3.8) is 0 Å². The van der Waals surface area contributed by atoms with Gasteiger partial charge in [-0.1, -0.05) is 40.0 Å². The van der Waals surface area contributed by atoms with Gasteiger partial charge in [-0.3, -0.25) is 4.79 Å². The molecule has 2 atom stereocenters. The first-order valence-corrected chi connectivity index (χ1v) is 7.99. The third-order valence-corrected chi connectivity index (χ3v) is 6.11. The smallest absolute Gasteiger partial charge is 0.312 e. The maximum absolute atomic E-state index is 12.7. The summed E-state index contributed by atoms with van der Waals surface area (Å²) in [4.78, 5) is 12.7. The zero-order valence-corrected chi connectivity index (χ0v) is 13.3. The van der Waals surface area contributed by atoms with Gasteiger partial charge in [-0.15, -0.1) is 0 Å². The Balaban J connectivity index is 2.06. The summed E-state index contributed by atoms with van der Waals surface area (Å²) in [7, 11) is 0. The molecular weight excluding hydrogens is 236 g/mol. The van der Waals surface area contributed by atoms with E-state index >= 15 is 0 Å². The summed E-state index contributed by atoms with van der Waals surface area (Å²) < 4.78 is 5.93. The lowest BCUT2D eigenvalue weighted by atomic mass is 9.68. The number of hydrogen-bond acceptors (Lipinski definition) is 2. The number of carbonyl (C=O) groups is 1. The predicted molar refractivity (Wildman–Crippen MR) is 77.9 cm³/mol. The van der Waals surface area contributed by atoms with E-state index in [4.69, 9.17) is 4.74 Å². The molecule has 2 nitrogen and oxygen atoms in total. The molecule has 0 aromatic carbocycles. The van der Waals surface area contributed by atoms with Crippen LogP contribution in [0.1, 0.15) is 79.6 Å². The summed E-state index contributed by atoms with van der Waals surface area (Å²) in [6.45, 7) is 10.7. The molecule has 19 heavy (non-hydrogen) atoms. The molecule has 0 aromatic rings. The normalized spacial score (nSPS) is 33.5. The summed E-state index contributed by atoms with van der Waals surface area (Å²) in [5, 5.41) is 0. The minimum atomic E-state index is -0.276. The van der Waals surface area contributed by atoms with Gasteiger partial charge < -0.3 is 4.74 Å². The summed E-state index contributed by atoms with van der Waals surface area (Å²) >= 11 is 0. The summed E-state index contributed by atoms with van der Waals surface area (Å²) in [6.07, 6.45) is 8.16. The molecule has 2 saturated carbocycles. The Morgan fingerprint density at radius 1 is 1.21 bits per heavy atom. The van der Waals surface area contributed by atoms with Crippen LogP contribution in [0.5, 0.6) is 0 Å². The number of rotatable bonds is 4. The maximum Gasteiger partial charge on any atom is 0.312 e. The summed E-state index contributed by atoms with van der Waals surface area (Å²) in [5.41, 5.74) is -0.346. The van der Waals surface area contributed by atoms with Crippen LogP contribution in [0.15, 0.2) is 0 Å². The Morgan fingerprint density at radius 2 is 1.74 bits per heavy atom. The van der Waals surface area contributed by atoms with Crippen molar-refractivity contribution in [1.82, 2.24) is 0 Å². The monoisotopic (exact) mass is 266 g/mol. The SMILES string of the molecule is CCC(C)(C(=O)OC1(C)CC1(C)C)C1CCCCC1. The lowest BCUT2D eigenvalue weighted by molar-refractivity contribution is -0.168. The number of carbonyl (C=O) groups excluding carboxylic acids is 1. The largest absolute Gasteiger partial charge is 0.458 e. The van der Waals surface area contributed by atoms with Crippen molar-refractivity contribution in [2.24, 2.45) is 16.7 Å². The van der Waals surface area contributed by atoms with E-state index in [1.807, 2.05) is 0 Å². The standard InChI is InChI=1S/C17H30O2/c1-6-16(4,13-10-8-7-9-11-13)14(18)19-17(5)12-15(17,2)3/h13H,6-12H2,1-5H3. The van der Waals surface area contributed by atoms with Gasteiger partial charge in [-0.05, 0) is 45.4 Å². The highest BCUT2D eigenvalue weighted by Gasteiger charge is 2.62. The minimum Gasteiger partial charge on any atom is -0.458 e. The average molecular weight is 266 g/mol. The summed E-state index contributed by atoms with van der Waals surface area (Å²) in [6, 6.07) is 0. The van der Waals surface area contributed by atoms with Crippen LogP contribution in [0.3, 0.4) is 0 Å². The van der Waals surface area contributed by atoms with Gasteiger partial charge in [0.1, 0.15) is 5.60 Å². The van der Waals surface area contributed by atoms with Crippen LogP contribution in [0, 0.1) is 16.7 Å². The lowest BCUT2D eigenvalue weighted by Crippen LogP contribution is -2.40. The van der Waals surface area contributed by atoms with Gasteiger partial charge in [-0.2, -0.15) is 0 Å². The Labute approximate surface area is 118 Å². The molecule has 0 aliphatic heterocycles. The predicted octanol–water partition coefficient (Wildman–Crippen LogP) is 4.71. The first-order chi connectivity index (χ1) is 8.75. The first-order valence-electron chi connectivity index (χ1n) is 7.99.